The number of esters is 1. The van der Waals surface area contributed by atoms with E-state index in [1.165, 1.54) is 7.11 Å². The van der Waals surface area contributed by atoms with Gasteiger partial charge in [-0.2, -0.15) is 0 Å². The zero-order valence-corrected chi connectivity index (χ0v) is 12.8. The van der Waals surface area contributed by atoms with E-state index in [0.29, 0.717) is 19.1 Å². The molecular weight excluding hydrogens is 260 g/mol. The summed E-state index contributed by atoms with van der Waals surface area (Å²) in [5, 5.41) is 2.87. The zero-order valence-electron chi connectivity index (χ0n) is 12.8. The van der Waals surface area contributed by atoms with Gasteiger partial charge in [-0.1, -0.05) is 0 Å². The number of likely N-dealkylation sites (tertiary alicyclic amines) is 1. The first kappa shape index (κ1) is 16.8. The Morgan fingerprint density at radius 1 is 1.35 bits per heavy atom. The van der Waals surface area contributed by atoms with Crippen molar-refractivity contribution < 1.29 is 19.1 Å². The lowest BCUT2D eigenvalue weighted by Crippen LogP contribution is -2.53. The Balaban J connectivity index is 2.60. The van der Waals surface area contributed by atoms with Crippen LogP contribution in [0.4, 0.5) is 4.79 Å². The van der Waals surface area contributed by atoms with Crippen molar-refractivity contribution in [1.82, 2.24) is 10.2 Å². The first-order chi connectivity index (χ1) is 9.46. The first-order valence-electron chi connectivity index (χ1n) is 7.20. The van der Waals surface area contributed by atoms with Crippen molar-refractivity contribution >= 4 is 12.1 Å². The summed E-state index contributed by atoms with van der Waals surface area (Å²) in [7, 11) is 1.40. The fourth-order valence-electron chi connectivity index (χ4n) is 2.57. The van der Waals surface area contributed by atoms with Crippen LogP contribution in [-0.4, -0.2) is 55.9 Å². The third-order valence-corrected chi connectivity index (χ3v) is 3.58. The number of carbonyl (C=O) groups is 2. The van der Waals surface area contributed by atoms with Crippen LogP contribution in [-0.2, 0) is 14.3 Å². The maximum absolute atomic E-state index is 11.5. The highest BCUT2D eigenvalue weighted by Gasteiger charge is 2.31. The van der Waals surface area contributed by atoms with Gasteiger partial charge >= 0.3 is 12.1 Å². The Labute approximate surface area is 120 Å². The van der Waals surface area contributed by atoms with Crippen molar-refractivity contribution in [2.45, 2.75) is 45.7 Å². The van der Waals surface area contributed by atoms with Crippen LogP contribution in [0, 0.1) is 5.92 Å². The third kappa shape index (κ3) is 5.36. The second-order valence-electron chi connectivity index (χ2n) is 5.49. The standard InChI is InChI=1S/C14H26N2O4/c1-5-20-14(18)15-12-6-11(7-13(17)19-4)8-16(9-12)10(2)3/h10-12H,5-9H2,1-4H3,(H,15,18). The molecule has 0 radical (unpaired) electrons. The molecule has 0 bridgehead atoms. The summed E-state index contributed by atoms with van der Waals surface area (Å²) in [5.41, 5.74) is 0. The quantitative estimate of drug-likeness (QED) is 0.774. The highest BCUT2D eigenvalue weighted by molar-refractivity contribution is 5.69. The lowest BCUT2D eigenvalue weighted by atomic mass is 9.90. The fourth-order valence-corrected chi connectivity index (χ4v) is 2.57. The van der Waals surface area contributed by atoms with E-state index in [1.54, 1.807) is 6.92 Å². The van der Waals surface area contributed by atoms with Crippen LogP contribution in [0.15, 0.2) is 0 Å². The molecule has 0 aromatic carbocycles. The molecule has 1 heterocycles. The lowest BCUT2D eigenvalue weighted by Gasteiger charge is -2.39. The van der Waals surface area contributed by atoms with Crippen molar-refractivity contribution in [3.05, 3.63) is 0 Å². The smallest absolute Gasteiger partial charge is 0.407 e. The number of nitrogens with zero attached hydrogens (tertiary/aromatic N) is 1. The molecule has 116 valence electrons. The van der Waals surface area contributed by atoms with Gasteiger partial charge in [0, 0.05) is 31.6 Å². The van der Waals surface area contributed by atoms with E-state index in [-0.39, 0.29) is 24.0 Å². The molecule has 0 saturated carbocycles. The van der Waals surface area contributed by atoms with Gasteiger partial charge in [-0.05, 0) is 33.1 Å². The van der Waals surface area contributed by atoms with Gasteiger partial charge in [-0.3, -0.25) is 9.69 Å². The minimum Gasteiger partial charge on any atom is -0.469 e. The molecule has 1 amide bonds. The molecule has 2 unspecified atom stereocenters. The van der Waals surface area contributed by atoms with Gasteiger partial charge in [-0.15, -0.1) is 0 Å². The van der Waals surface area contributed by atoms with E-state index >= 15 is 0 Å². The first-order valence-corrected chi connectivity index (χ1v) is 7.20. The van der Waals surface area contributed by atoms with Gasteiger partial charge < -0.3 is 14.8 Å². The molecule has 1 aliphatic rings. The van der Waals surface area contributed by atoms with Crippen LogP contribution in [0.3, 0.4) is 0 Å². The molecule has 0 spiro atoms. The largest absolute Gasteiger partial charge is 0.469 e. The van der Waals surface area contributed by atoms with Crippen LogP contribution in [0.25, 0.3) is 0 Å². The molecule has 1 N–H and O–H groups in total. The number of nitrogens with one attached hydrogen (secondary N) is 1. The van der Waals surface area contributed by atoms with Crippen molar-refractivity contribution in [3.63, 3.8) is 0 Å². The second-order valence-corrected chi connectivity index (χ2v) is 5.49. The van der Waals surface area contributed by atoms with Gasteiger partial charge in [0.05, 0.1) is 13.7 Å². The van der Waals surface area contributed by atoms with Gasteiger partial charge in [-0.25, -0.2) is 4.79 Å². The van der Waals surface area contributed by atoms with E-state index in [0.717, 1.165) is 19.5 Å². The number of methoxy groups -OCH3 is 1. The number of hydrogen-bond acceptors (Lipinski definition) is 5. The number of rotatable bonds is 5. The van der Waals surface area contributed by atoms with Crippen LogP contribution in [0.5, 0.6) is 0 Å². The Bertz CT molecular complexity index is 333. The van der Waals surface area contributed by atoms with E-state index in [2.05, 4.69) is 24.1 Å². The van der Waals surface area contributed by atoms with E-state index in [1.807, 2.05) is 0 Å². The summed E-state index contributed by atoms with van der Waals surface area (Å²) < 4.78 is 9.65. The number of amides is 1. The monoisotopic (exact) mass is 286 g/mol. The highest BCUT2D eigenvalue weighted by Crippen LogP contribution is 2.22. The summed E-state index contributed by atoms with van der Waals surface area (Å²) >= 11 is 0. The van der Waals surface area contributed by atoms with Gasteiger partial charge in [0.2, 0.25) is 0 Å². The van der Waals surface area contributed by atoms with Crippen LogP contribution >= 0.6 is 0 Å². The van der Waals surface area contributed by atoms with Crippen molar-refractivity contribution in [2.75, 3.05) is 26.8 Å². The van der Waals surface area contributed by atoms with Gasteiger partial charge in [0.15, 0.2) is 0 Å². The SMILES string of the molecule is CCOC(=O)NC1CC(CC(=O)OC)CN(C(C)C)C1. The van der Waals surface area contributed by atoms with Gasteiger partial charge in [0.25, 0.3) is 0 Å². The molecule has 6 nitrogen and oxygen atoms in total. The molecule has 1 fully saturated rings. The Morgan fingerprint density at radius 3 is 2.60 bits per heavy atom. The minimum atomic E-state index is -0.389. The van der Waals surface area contributed by atoms with E-state index in [9.17, 15) is 9.59 Å². The molecule has 0 aliphatic carbocycles. The minimum absolute atomic E-state index is 0.0138. The average molecular weight is 286 g/mol. The summed E-state index contributed by atoms with van der Waals surface area (Å²) in [4.78, 5) is 25.2. The highest BCUT2D eigenvalue weighted by atomic mass is 16.5. The molecule has 20 heavy (non-hydrogen) atoms. The predicted molar refractivity (Wildman–Crippen MR) is 75.4 cm³/mol. The van der Waals surface area contributed by atoms with Gasteiger partial charge in [0.1, 0.15) is 0 Å². The molecular formula is C14H26N2O4. The summed E-state index contributed by atoms with van der Waals surface area (Å²) in [6.45, 7) is 8.00. The van der Waals surface area contributed by atoms with Crippen LogP contribution in [0.1, 0.15) is 33.6 Å². The predicted octanol–water partition coefficient (Wildman–Crippen LogP) is 1.39. The average Bonchev–Trinajstić information content (AvgIpc) is 2.38. The zero-order chi connectivity index (χ0) is 15.1. The lowest BCUT2D eigenvalue weighted by molar-refractivity contribution is -0.142. The van der Waals surface area contributed by atoms with E-state index in [4.69, 9.17) is 9.47 Å². The molecule has 1 saturated heterocycles. The maximum Gasteiger partial charge on any atom is 0.407 e. The molecule has 1 rings (SSSR count). The number of piperidine rings is 1. The van der Waals surface area contributed by atoms with Crippen molar-refractivity contribution in [2.24, 2.45) is 5.92 Å². The topological polar surface area (TPSA) is 67.9 Å². The molecule has 0 aromatic heterocycles. The second kappa shape index (κ2) is 8.09. The normalized spacial score (nSPS) is 23.4. The summed E-state index contributed by atoms with van der Waals surface area (Å²) in [5.74, 6) is 0.000942. The maximum atomic E-state index is 11.5. The van der Waals surface area contributed by atoms with E-state index < -0.39 is 0 Å². The van der Waals surface area contributed by atoms with Crippen molar-refractivity contribution in [3.8, 4) is 0 Å². The number of alkyl carbamates (subject to hydrolysis) is 1. The summed E-state index contributed by atoms with van der Waals surface area (Å²) in [6, 6.07) is 0.391. The molecule has 1 aliphatic heterocycles. The number of ether oxygens (including phenoxy) is 2. The Morgan fingerprint density at radius 2 is 2.05 bits per heavy atom. The molecule has 6 heteroatoms. The third-order valence-electron chi connectivity index (χ3n) is 3.58. The Kier molecular flexibility index (Phi) is 6.78. The summed E-state index contributed by atoms with van der Waals surface area (Å²) in [6.07, 6.45) is 0.776. The molecule has 2 atom stereocenters. The number of carbonyl (C=O) groups excluding carboxylic acids is 2. The van der Waals surface area contributed by atoms with Crippen molar-refractivity contribution in [1.29, 1.82) is 0 Å². The number of hydrogen-bond donors (Lipinski definition) is 1. The van der Waals surface area contributed by atoms with Crippen LogP contribution < -0.4 is 5.32 Å². The van der Waals surface area contributed by atoms with Crippen LogP contribution in [0.2, 0.25) is 0 Å². The fraction of sp³-hybridized carbons (Fsp3) is 0.857. The Hall–Kier alpha value is -1.30. The molecule has 0 aromatic rings.